The first-order valence-corrected chi connectivity index (χ1v) is 9.59. The van der Waals surface area contributed by atoms with Crippen molar-refractivity contribution in [3.63, 3.8) is 0 Å². The van der Waals surface area contributed by atoms with Gasteiger partial charge in [0.2, 0.25) is 12.5 Å². The number of Topliss-reactive ketones (excluding diaryl/α,β-unsaturated/α-hetero) is 1. The summed E-state index contributed by atoms with van der Waals surface area (Å²) in [7, 11) is 4.74. The highest BCUT2D eigenvalue weighted by molar-refractivity contribution is 6.01. The molecule has 1 unspecified atom stereocenters. The van der Waals surface area contributed by atoms with Gasteiger partial charge in [0.05, 0.1) is 27.0 Å². The molecule has 0 saturated heterocycles. The molecular formula is C23H21NO6. The molecule has 0 amide bonds. The summed E-state index contributed by atoms with van der Waals surface area (Å²) in [5.41, 5.74) is 3.31. The lowest BCUT2D eigenvalue weighted by atomic mass is 9.89. The Morgan fingerprint density at radius 3 is 2.33 bits per heavy atom. The van der Waals surface area contributed by atoms with Crippen molar-refractivity contribution in [1.82, 2.24) is 4.57 Å². The highest BCUT2D eigenvalue weighted by Gasteiger charge is 2.32. The average Bonchev–Trinajstić information content (AvgIpc) is 3.42. The van der Waals surface area contributed by atoms with E-state index in [4.69, 9.17) is 23.7 Å². The lowest BCUT2D eigenvalue weighted by Crippen LogP contribution is -2.08. The Morgan fingerprint density at radius 1 is 0.967 bits per heavy atom. The van der Waals surface area contributed by atoms with Crippen molar-refractivity contribution in [2.24, 2.45) is 0 Å². The fraction of sp³-hybridized carbons (Fsp3) is 0.261. The van der Waals surface area contributed by atoms with Gasteiger partial charge in [-0.1, -0.05) is 0 Å². The van der Waals surface area contributed by atoms with E-state index in [1.807, 2.05) is 41.1 Å². The van der Waals surface area contributed by atoms with E-state index in [1.165, 1.54) is 0 Å². The first-order valence-electron chi connectivity index (χ1n) is 9.59. The minimum absolute atomic E-state index is 0.0331. The van der Waals surface area contributed by atoms with Crippen molar-refractivity contribution in [3.8, 4) is 34.4 Å². The fourth-order valence-corrected chi connectivity index (χ4v) is 4.24. The number of nitrogens with zero attached hydrogens (tertiary/aromatic N) is 1. The van der Waals surface area contributed by atoms with Crippen LogP contribution in [0.3, 0.4) is 0 Å². The molecule has 0 N–H and O–H groups in total. The molecule has 0 radical (unpaired) electrons. The quantitative estimate of drug-likeness (QED) is 0.652. The van der Waals surface area contributed by atoms with Gasteiger partial charge in [0.15, 0.2) is 28.8 Å². The second-order valence-electron chi connectivity index (χ2n) is 7.16. The number of aromatic nitrogens is 1. The molecule has 1 aromatic heterocycles. The summed E-state index contributed by atoms with van der Waals surface area (Å²) in [4.78, 5) is 13.3. The monoisotopic (exact) mass is 407 g/mol. The number of carbonyl (C=O) groups excluding carboxylic acids is 1. The van der Waals surface area contributed by atoms with E-state index in [-0.39, 0.29) is 18.5 Å². The van der Waals surface area contributed by atoms with Gasteiger partial charge in [-0.25, -0.2) is 0 Å². The van der Waals surface area contributed by atoms with Crippen molar-refractivity contribution in [2.75, 3.05) is 28.1 Å². The number of benzene rings is 2. The molecule has 2 aliphatic heterocycles. The molecule has 2 aromatic carbocycles. The zero-order valence-electron chi connectivity index (χ0n) is 16.9. The van der Waals surface area contributed by atoms with Crippen LogP contribution in [0.5, 0.6) is 28.7 Å². The summed E-state index contributed by atoms with van der Waals surface area (Å²) < 4.78 is 29.6. The summed E-state index contributed by atoms with van der Waals surface area (Å²) >= 11 is 0. The van der Waals surface area contributed by atoms with E-state index in [0.717, 1.165) is 16.9 Å². The Morgan fingerprint density at radius 2 is 1.67 bits per heavy atom. The minimum Gasteiger partial charge on any atom is -0.493 e. The van der Waals surface area contributed by atoms with Crippen molar-refractivity contribution in [1.29, 1.82) is 0 Å². The zero-order valence-corrected chi connectivity index (χ0v) is 16.9. The highest BCUT2D eigenvalue weighted by atomic mass is 16.7. The lowest BCUT2D eigenvalue weighted by Gasteiger charge is -2.20. The molecule has 7 nitrogen and oxygen atoms in total. The highest BCUT2D eigenvalue weighted by Crippen LogP contribution is 2.45. The van der Waals surface area contributed by atoms with Crippen LogP contribution in [0.4, 0.5) is 0 Å². The molecule has 0 fully saturated rings. The maximum Gasteiger partial charge on any atom is 0.231 e. The van der Waals surface area contributed by atoms with Gasteiger partial charge in [-0.05, 0) is 35.9 Å². The topological polar surface area (TPSA) is 68.2 Å². The molecule has 154 valence electrons. The first kappa shape index (κ1) is 18.4. The van der Waals surface area contributed by atoms with Crippen LogP contribution in [0, 0.1) is 0 Å². The molecular weight excluding hydrogens is 386 g/mol. The SMILES string of the molecule is COc1cc(C2CC(=O)c3cc4c(cc3-n3cccc32)OCO4)cc(OC)c1OC. The number of methoxy groups -OCH3 is 3. The standard InChI is InChI=1S/C23H21NO6/c1-26-21-7-13(8-22(27-2)23(21)28-3)14-9-18(25)15-10-19-20(30-12-29-19)11-17(15)24-6-4-5-16(14)24/h4-8,10-11,14H,9,12H2,1-3H3. The fourth-order valence-electron chi connectivity index (χ4n) is 4.24. The van der Waals surface area contributed by atoms with E-state index >= 15 is 0 Å². The summed E-state index contributed by atoms with van der Waals surface area (Å²) in [5.74, 6) is 2.72. The van der Waals surface area contributed by atoms with Crippen LogP contribution in [0.25, 0.3) is 5.69 Å². The maximum atomic E-state index is 13.3. The summed E-state index contributed by atoms with van der Waals surface area (Å²) in [5, 5.41) is 0. The molecule has 1 atom stereocenters. The van der Waals surface area contributed by atoms with Gasteiger partial charge in [-0.2, -0.15) is 0 Å². The third-order valence-electron chi connectivity index (χ3n) is 5.67. The normalized spacial score (nSPS) is 16.5. The van der Waals surface area contributed by atoms with Gasteiger partial charge in [0, 0.05) is 35.9 Å². The van der Waals surface area contributed by atoms with Gasteiger partial charge in [-0.15, -0.1) is 0 Å². The Bertz CT molecular complexity index is 1120. The van der Waals surface area contributed by atoms with Crippen molar-refractivity contribution < 1.29 is 28.5 Å². The third-order valence-corrected chi connectivity index (χ3v) is 5.67. The molecule has 0 bridgehead atoms. The largest absolute Gasteiger partial charge is 0.493 e. The Balaban J connectivity index is 1.68. The molecule has 3 heterocycles. The Labute approximate surface area is 173 Å². The summed E-state index contributed by atoms with van der Waals surface area (Å²) in [6, 6.07) is 11.5. The molecule has 0 saturated carbocycles. The molecule has 30 heavy (non-hydrogen) atoms. The zero-order chi connectivity index (χ0) is 20.8. The minimum atomic E-state index is -0.190. The van der Waals surface area contributed by atoms with Gasteiger partial charge in [0.1, 0.15) is 0 Å². The van der Waals surface area contributed by atoms with E-state index in [2.05, 4.69) is 0 Å². The van der Waals surface area contributed by atoms with Crippen LogP contribution < -0.4 is 23.7 Å². The van der Waals surface area contributed by atoms with Crippen molar-refractivity contribution in [3.05, 3.63) is 59.4 Å². The van der Waals surface area contributed by atoms with Crippen LogP contribution in [-0.4, -0.2) is 38.5 Å². The van der Waals surface area contributed by atoms with Gasteiger partial charge >= 0.3 is 0 Å². The predicted octanol–water partition coefficient (Wildman–Crippen LogP) is 3.95. The maximum absolute atomic E-state index is 13.3. The second kappa shape index (κ2) is 7.02. The van der Waals surface area contributed by atoms with Crippen LogP contribution in [0.2, 0.25) is 0 Å². The summed E-state index contributed by atoms with van der Waals surface area (Å²) in [6.45, 7) is 0.166. The first-order chi connectivity index (χ1) is 14.6. The molecule has 0 spiro atoms. The second-order valence-corrected chi connectivity index (χ2v) is 7.16. The van der Waals surface area contributed by atoms with Crippen molar-refractivity contribution in [2.45, 2.75) is 12.3 Å². The summed E-state index contributed by atoms with van der Waals surface area (Å²) in [6.07, 6.45) is 2.26. The molecule has 7 heteroatoms. The molecule has 2 aliphatic rings. The van der Waals surface area contributed by atoms with Gasteiger partial charge < -0.3 is 28.3 Å². The van der Waals surface area contributed by atoms with Gasteiger partial charge in [0.25, 0.3) is 0 Å². The number of ketones is 1. The smallest absolute Gasteiger partial charge is 0.231 e. The Kier molecular flexibility index (Phi) is 4.31. The van der Waals surface area contributed by atoms with E-state index in [1.54, 1.807) is 27.4 Å². The third kappa shape index (κ3) is 2.69. The molecule has 3 aromatic rings. The van der Waals surface area contributed by atoms with E-state index in [9.17, 15) is 4.79 Å². The van der Waals surface area contributed by atoms with E-state index in [0.29, 0.717) is 40.7 Å². The number of ether oxygens (including phenoxy) is 5. The van der Waals surface area contributed by atoms with Crippen LogP contribution in [0.1, 0.15) is 34.0 Å². The van der Waals surface area contributed by atoms with Crippen molar-refractivity contribution >= 4 is 5.78 Å². The lowest BCUT2D eigenvalue weighted by molar-refractivity contribution is 0.0979. The molecule has 0 aliphatic carbocycles. The van der Waals surface area contributed by atoms with Crippen LogP contribution in [-0.2, 0) is 0 Å². The number of rotatable bonds is 4. The van der Waals surface area contributed by atoms with E-state index < -0.39 is 0 Å². The number of hydrogen-bond acceptors (Lipinski definition) is 6. The predicted molar refractivity (Wildman–Crippen MR) is 109 cm³/mol. The average molecular weight is 407 g/mol. The number of hydrogen-bond donors (Lipinski definition) is 0. The van der Waals surface area contributed by atoms with Gasteiger partial charge in [-0.3, -0.25) is 4.79 Å². The van der Waals surface area contributed by atoms with Crippen LogP contribution in [0.15, 0.2) is 42.6 Å². The Hall–Kier alpha value is -3.61. The molecule has 5 rings (SSSR count). The van der Waals surface area contributed by atoms with Crippen LogP contribution >= 0.6 is 0 Å². The number of fused-ring (bicyclic) bond motifs is 4. The number of carbonyl (C=O) groups is 1.